The standard InChI is InChI=1S/C22H29FN2O2.2ClH/c1-17(2)21-5-3-4-6-22(21)27-16-20(26)15-24-11-13-25(14-12-24)19-9-7-18(23)8-10-19;;/h3-10,17,20,26H,11-16H2,1-2H3;2*1H. The van der Waals surface area contributed by atoms with E-state index in [1.807, 2.05) is 30.3 Å². The highest BCUT2D eigenvalue weighted by molar-refractivity contribution is 5.85. The van der Waals surface area contributed by atoms with Crippen LogP contribution in [0.1, 0.15) is 25.3 Å². The molecule has 0 amide bonds. The lowest BCUT2D eigenvalue weighted by Gasteiger charge is -2.36. The van der Waals surface area contributed by atoms with Crippen molar-refractivity contribution in [3.63, 3.8) is 0 Å². The Bertz CT molecular complexity index is 723. The normalized spacial score (nSPS) is 15.4. The van der Waals surface area contributed by atoms with Crippen molar-refractivity contribution in [2.75, 3.05) is 44.2 Å². The van der Waals surface area contributed by atoms with Crippen LogP contribution in [0.3, 0.4) is 0 Å². The van der Waals surface area contributed by atoms with Gasteiger partial charge in [0.25, 0.3) is 0 Å². The molecule has 0 radical (unpaired) electrons. The summed E-state index contributed by atoms with van der Waals surface area (Å²) >= 11 is 0. The number of para-hydroxylation sites is 1. The first kappa shape index (κ1) is 25.5. The smallest absolute Gasteiger partial charge is 0.123 e. The van der Waals surface area contributed by atoms with Gasteiger partial charge < -0.3 is 14.7 Å². The minimum Gasteiger partial charge on any atom is -0.491 e. The lowest BCUT2D eigenvalue weighted by Crippen LogP contribution is -2.49. The summed E-state index contributed by atoms with van der Waals surface area (Å²) in [6.07, 6.45) is -0.525. The highest BCUT2D eigenvalue weighted by atomic mass is 35.5. The number of β-amino-alcohol motifs (C(OH)–C–C–N with tert-alkyl or cyclic N) is 1. The number of hydrogen-bond acceptors (Lipinski definition) is 4. The van der Waals surface area contributed by atoms with Crippen LogP contribution < -0.4 is 9.64 Å². The van der Waals surface area contributed by atoms with E-state index in [4.69, 9.17) is 4.74 Å². The molecule has 1 heterocycles. The molecule has 0 aromatic heterocycles. The SMILES string of the molecule is CC(C)c1ccccc1OCC(O)CN1CCN(c2ccc(F)cc2)CC1.Cl.Cl. The van der Waals surface area contributed by atoms with Crippen LogP contribution in [0.15, 0.2) is 48.5 Å². The number of piperazine rings is 1. The lowest BCUT2D eigenvalue weighted by atomic mass is 10.0. The third kappa shape index (κ3) is 7.34. The first-order valence-corrected chi connectivity index (χ1v) is 9.65. The highest BCUT2D eigenvalue weighted by Gasteiger charge is 2.20. The van der Waals surface area contributed by atoms with Crippen LogP contribution in [-0.2, 0) is 0 Å². The Morgan fingerprint density at radius 1 is 0.966 bits per heavy atom. The number of nitrogens with zero attached hydrogens (tertiary/aromatic N) is 2. The van der Waals surface area contributed by atoms with Crippen molar-refractivity contribution in [1.29, 1.82) is 0 Å². The van der Waals surface area contributed by atoms with Crippen molar-refractivity contribution in [1.82, 2.24) is 4.90 Å². The molecule has 3 rings (SSSR count). The highest BCUT2D eigenvalue weighted by Crippen LogP contribution is 2.26. The summed E-state index contributed by atoms with van der Waals surface area (Å²) in [6.45, 7) is 8.65. The molecule has 1 N–H and O–H groups in total. The van der Waals surface area contributed by atoms with Crippen LogP contribution in [0.5, 0.6) is 5.75 Å². The molecule has 1 unspecified atom stereocenters. The minimum absolute atomic E-state index is 0. The van der Waals surface area contributed by atoms with Gasteiger partial charge in [0, 0.05) is 38.4 Å². The van der Waals surface area contributed by atoms with Crippen molar-refractivity contribution < 1.29 is 14.2 Å². The average Bonchev–Trinajstić information content (AvgIpc) is 2.68. The first-order chi connectivity index (χ1) is 13.0. The van der Waals surface area contributed by atoms with E-state index in [0.717, 1.165) is 43.2 Å². The molecule has 4 nitrogen and oxygen atoms in total. The summed E-state index contributed by atoms with van der Waals surface area (Å²) in [4.78, 5) is 4.50. The number of benzene rings is 2. The Balaban J connectivity index is 0.00000210. The van der Waals surface area contributed by atoms with Crippen molar-refractivity contribution in [2.45, 2.75) is 25.9 Å². The molecule has 1 aliphatic heterocycles. The molecule has 1 saturated heterocycles. The van der Waals surface area contributed by atoms with Crippen LogP contribution in [0, 0.1) is 5.82 Å². The first-order valence-electron chi connectivity index (χ1n) is 9.65. The van der Waals surface area contributed by atoms with Gasteiger partial charge in [0.15, 0.2) is 0 Å². The molecule has 0 aliphatic carbocycles. The molecule has 0 spiro atoms. The fourth-order valence-corrected chi connectivity index (χ4v) is 3.47. The largest absolute Gasteiger partial charge is 0.491 e. The van der Waals surface area contributed by atoms with Gasteiger partial charge in [0.2, 0.25) is 0 Å². The number of aliphatic hydroxyl groups excluding tert-OH is 1. The van der Waals surface area contributed by atoms with Gasteiger partial charge in [0.05, 0.1) is 0 Å². The summed E-state index contributed by atoms with van der Waals surface area (Å²) in [7, 11) is 0. The van der Waals surface area contributed by atoms with Crippen molar-refractivity contribution in [3.05, 3.63) is 59.9 Å². The van der Waals surface area contributed by atoms with Crippen LogP contribution in [-0.4, -0.2) is 55.4 Å². The Morgan fingerprint density at radius 3 is 2.21 bits per heavy atom. The van der Waals surface area contributed by atoms with E-state index in [9.17, 15) is 9.50 Å². The Labute approximate surface area is 185 Å². The zero-order chi connectivity index (χ0) is 19.2. The molecule has 1 fully saturated rings. The number of halogens is 3. The lowest BCUT2D eigenvalue weighted by molar-refractivity contribution is 0.0659. The molecule has 2 aromatic carbocycles. The molecule has 29 heavy (non-hydrogen) atoms. The van der Waals surface area contributed by atoms with Gasteiger partial charge in [0.1, 0.15) is 24.3 Å². The minimum atomic E-state index is -0.525. The van der Waals surface area contributed by atoms with Gasteiger partial charge in [-0.1, -0.05) is 32.0 Å². The van der Waals surface area contributed by atoms with Crippen molar-refractivity contribution in [2.24, 2.45) is 0 Å². The quantitative estimate of drug-likeness (QED) is 0.688. The van der Waals surface area contributed by atoms with E-state index >= 15 is 0 Å². The zero-order valence-corrected chi connectivity index (χ0v) is 18.6. The second-order valence-corrected chi connectivity index (χ2v) is 7.42. The number of anilines is 1. The van der Waals surface area contributed by atoms with Crippen LogP contribution in [0.4, 0.5) is 10.1 Å². The third-order valence-electron chi connectivity index (χ3n) is 5.01. The van der Waals surface area contributed by atoms with Gasteiger partial charge in [-0.3, -0.25) is 4.90 Å². The second-order valence-electron chi connectivity index (χ2n) is 7.42. The van der Waals surface area contributed by atoms with E-state index in [1.165, 1.54) is 12.1 Å². The summed E-state index contributed by atoms with van der Waals surface area (Å²) in [6, 6.07) is 14.6. The van der Waals surface area contributed by atoms with Gasteiger partial charge >= 0.3 is 0 Å². The zero-order valence-electron chi connectivity index (χ0n) is 17.0. The molecular weight excluding hydrogens is 414 g/mol. The van der Waals surface area contributed by atoms with Gasteiger partial charge in [-0.15, -0.1) is 24.8 Å². The molecule has 2 aromatic rings. The number of rotatable bonds is 7. The summed E-state index contributed by atoms with van der Waals surface area (Å²) in [5.41, 5.74) is 2.21. The summed E-state index contributed by atoms with van der Waals surface area (Å²) in [5.74, 6) is 1.03. The number of aliphatic hydroxyl groups is 1. The summed E-state index contributed by atoms with van der Waals surface area (Å²) in [5, 5.41) is 10.4. The van der Waals surface area contributed by atoms with Gasteiger partial charge in [-0.2, -0.15) is 0 Å². The topological polar surface area (TPSA) is 35.9 Å². The third-order valence-corrected chi connectivity index (χ3v) is 5.01. The predicted molar refractivity (Wildman–Crippen MR) is 122 cm³/mol. The summed E-state index contributed by atoms with van der Waals surface area (Å²) < 4.78 is 18.9. The van der Waals surface area contributed by atoms with E-state index in [-0.39, 0.29) is 30.6 Å². The maximum absolute atomic E-state index is 13.1. The molecule has 0 bridgehead atoms. The molecule has 7 heteroatoms. The second kappa shape index (κ2) is 12.2. The number of ether oxygens (including phenoxy) is 1. The van der Waals surface area contributed by atoms with Crippen LogP contribution >= 0.6 is 24.8 Å². The Kier molecular flexibility index (Phi) is 10.8. The molecule has 1 aliphatic rings. The average molecular weight is 445 g/mol. The Hall–Kier alpha value is -1.53. The Morgan fingerprint density at radius 2 is 1.59 bits per heavy atom. The van der Waals surface area contributed by atoms with Crippen LogP contribution in [0.25, 0.3) is 0 Å². The molecule has 162 valence electrons. The van der Waals surface area contributed by atoms with E-state index < -0.39 is 6.10 Å². The fourth-order valence-electron chi connectivity index (χ4n) is 3.47. The molecule has 0 saturated carbocycles. The maximum Gasteiger partial charge on any atom is 0.123 e. The van der Waals surface area contributed by atoms with Crippen molar-refractivity contribution in [3.8, 4) is 5.75 Å². The maximum atomic E-state index is 13.1. The van der Waals surface area contributed by atoms with E-state index in [2.05, 4.69) is 29.7 Å². The predicted octanol–water partition coefficient (Wildman–Crippen LogP) is 4.35. The van der Waals surface area contributed by atoms with Gasteiger partial charge in [-0.25, -0.2) is 4.39 Å². The van der Waals surface area contributed by atoms with Crippen LogP contribution in [0.2, 0.25) is 0 Å². The van der Waals surface area contributed by atoms with Crippen molar-refractivity contribution >= 4 is 30.5 Å². The van der Waals surface area contributed by atoms with E-state index in [1.54, 1.807) is 0 Å². The van der Waals surface area contributed by atoms with Gasteiger partial charge in [-0.05, 0) is 41.8 Å². The fraction of sp³-hybridized carbons (Fsp3) is 0.455. The monoisotopic (exact) mass is 444 g/mol. The molecular formula is C22H31Cl2FN2O2. The molecule has 1 atom stereocenters. The number of hydrogen-bond donors (Lipinski definition) is 1. The van der Waals surface area contributed by atoms with E-state index in [0.29, 0.717) is 19.1 Å².